The molecule has 0 bridgehead atoms. The van der Waals surface area contributed by atoms with Crippen LogP contribution in [0.5, 0.6) is 0 Å². The molecule has 8 heteroatoms. The van der Waals surface area contributed by atoms with Crippen molar-refractivity contribution >= 4 is 17.4 Å². The first-order chi connectivity index (χ1) is 10.6. The topological polar surface area (TPSA) is 76.7 Å². The number of anilines is 1. The van der Waals surface area contributed by atoms with E-state index in [0.29, 0.717) is 29.6 Å². The van der Waals surface area contributed by atoms with Gasteiger partial charge in [0, 0.05) is 12.7 Å². The monoisotopic (exact) mass is 319 g/mol. The summed E-state index contributed by atoms with van der Waals surface area (Å²) in [7, 11) is 0. The highest BCUT2D eigenvalue weighted by molar-refractivity contribution is 6.30. The fraction of sp³-hybridized carbons (Fsp3) is 0.143. The van der Waals surface area contributed by atoms with Crippen molar-refractivity contribution in [2.75, 3.05) is 5.32 Å². The normalized spacial score (nSPS) is 10.7. The molecule has 0 amide bonds. The Morgan fingerprint density at radius 1 is 1.36 bits per heavy atom. The zero-order valence-corrected chi connectivity index (χ0v) is 12.3. The Bertz CT molecular complexity index is 807. The number of hydrogen-bond acceptors (Lipinski definition) is 6. The van der Waals surface area contributed by atoms with E-state index in [1.165, 1.54) is 12.4 Å². The molecule has 112 valence electrons. The van der Waals surface area contributed by atoms with Crippen LogP contribution in [0.4, 0.5) is 10.2 Å². The molecule has 0 fully saturated rings. The van der Waals surface area contributed by atoms with Crippen molar-refractivity contribution in [1.29, 1.82) is 0 Å². The molecule has 0 saturated heterocycles. The molecule has 0 saturated carbocycles. The van der Waals surface area contributed by atoms with Crippen LogP contribution < -0.4 is 5.32 Å². The van der Waals surface area contributed by atoms with Crippen LogP contribution in [0, 0.1) is 12.7 Å². The second-order valence-corrected chi connectivity index (χ2v) is 4.94. The predicted molar refractivity (Wildman–Crippen MR) is 78.8 cm³/mol. The summed E-state index contributed by atoms with van der Waals surface area (Å²) in [6.07, 6.45) is 2.99. The number of aromatic nitrogens is 4. The van der Waals surface area contributed by atoms with Gasteiger partial charge >= 0.3 is 0 Å². The SMILES string of the molecule is Cc1noc(-c2cncnc2NCc2ccc(F)c(Cl)c2)n1. The molecule has 1 aromatic carbocycles. The maximum atomic E-state index is 13.1. The van der Waals surface area contributed by atoms with Crippen molar-refractivity contribution in [2.45, 2.75) is 13.5 Å². The third-order valence-corrected chi connectivity index (χ3v) is 3.20. The minimum Gasteiger partial charge on any atom is -0.365 e. The quantitative estimate of drug-likeness (QED) is 0.795. The zero-order chi connectivity index (χ0) is 15.5. The molecule has 3 aromatic rings. The molecule has 2 heterocycles. The van der Waals surface area contributed by atoms with Crippen molar-refractivity contribution in [3.05, 3.63) is 53.0 Å². The van der Waals surface area contributed by atoms with Gasteiger partial charge < -0.3 is 9.84 Å². The molecule has 0 radical (unpaired) electrons. The van der Waals surface area contributed by atoms with E-state index >= 15 is 0 Å². The van der Waals surface area contributed by atoms with Crippen LogP contribution in [0.3, 0.4) is 0 Å². The third-order valence-electron chi connectivity index (χ3n) is 2.91. The second kappa shape index (κ2) is 6.07. The van der Waals surface area contributed by atoms with Crippen molar-refractivity contribution in [2.24, 2.45) is 0 Å². The summed E-state index contributed by atoms with van der Waals surface area (Å²) >= 11 is 5.76. The Morgan fingerprint density at radius 3 is 2.95 bits per heavy atom. The van der Waals surface area contributed by atoms with Gasteiger partial charge in [-0.1, -0.05) is 22.8 Å². The number of hydrogen-bond donors (Lipinski definition) is 1. The summed E-state index contributed by atoms with van der Waals surface area (Å²) in [4.78, 5) is 12.3. The predicted octanol–water partition coefficient (Wildman–Crippen LogP) is 3.24. The lowest BCUT2D eigenvalue weighted by Crippen LogP contribution is -2.04. The average Bonchev–Trinajstić information content (AvgIpc) is 2.95. The number of nitrogens with zero attached hydrogens (tertiary/aromatic N) is 4. The molecule has 2 aromatic heterocycles. The van der Waals surface area contributed by atoms with Crippen molar-refractivity contribution < 1.29 is 8.91 Å². The van der Waals surface area contributed by atoms with Gasteiger partial charge in [0.25, 0.3) is 5.89 Å². The van der Waals surface area contributed by atoms with Gasteiger partial charge in [-0.25, -0.2) is 14.4 Å². The molecule has 3 rings (SSSR count). The van der Waals surface area contributed by atoms with Crippen LogP contribution in [-0.2, 0) is 6.54 Å². The van der Waals surface area contributed by atoms with Gasteiger partial charge in [0.05, 0.1) is 5.02 Å². The first kappa shape index (κ1) is 14.4. The van der Waals surface area contributed by atoms with E-state index in [-0.39, 0.29) is 5.02 Å². The molecular weight excluding hydrogens is 309 g/mol. The van der Waals surface area contributed by atoms with Crippen LogP contribution in [-0.4, -0.2) is 20.1 Å². The van der Waals surface area contributed by atoms with Gasteiger partial charge in [0.2, 0.25) is 0 Å². The molecule has 0 spiro atoms. The van der Waals surface area contributed by atoms with Crippen LogP contribution >= 0.6 is 11.6 Å². The van der Waals surface area contributed by atoms with E-state index in [2.05, 4.69) is 25.4 Å². The molecule has 0 unspecified atom stereocenters. The van der Waals surface area contributed by atoms with Crippen molar-refractivity contribution in [3.8, 4) is 11.5 Å². The maximum absolute atomic E-state index is 13.1. The van der Waals surface area contributed by atoms with E-state index < -0.39 is 5.82 Å². The third kappa shape index (κ3) is 3.04. The van der Waals surface area contributed by atoms with Gasteiger partial charge in [0.15, 0.2) is 5.82 Å². The van der Waals surface area contributed by atoms with Gasteiger partial charge in [-0.2, -0.15) is 4.98 Å². The first-order valence-electron chi connectivity index (χ1n) is 6.42. The highest BCUT2D eigenvalue weighted by atomic mass is 35.5. The van der Waals surface area contributed by atoms with Crippen LogP contribution in [0.15, 0.2) is 35.2 Å². The standard InChI is InChI=1S/C14H11ClFN5O/c1-8-20-14(22-21-8)10-6-17-7-19-13(10)18-5-9-2-3-12(16)11(15)4-9/h2-4,6-7H,5H2,1H3,(H,17,18,19). The van der Waals surface area contributed by atoms with E-state index in [1.807, 2.05) is 0 Å². The number of halogens is 2. The van der Waals surface area contributed by atoms with E-state index in [0.717, 1.165) is 5.56 Å². The number of benzene rings is 1. The smallest absolute Gasteiger partial charge is 0.263 e. The Hall–Kier alpha value is -2.54. The zero-order valence-electron chi connectivity index (χ0n) is 11.5. The summed E-state index contributed by atoms with van der Waals surface area (Å²) in [5.74, 6) is 0.946. The number of nitrogens with one attached hydrogen (secondary N) is 1. The van der Waals surface area contributed by atoms with Gasteiger partial charge in [-0.15, -0.1) is 0 Å². The Kier molecular flexibility index (Phi) is 3.97. The summed E-state index contributed by atoms with van der Waals surface area (Å²) in [5.41, 5.74) is 1.41. The minimum absolute atomic E-state index is 0.0785. The minimum atomic E-state index is -0.450. The Labute approximate surface area is 130 Å². The summed E-state index contributed by atoms with van der Waals surface area (Å²) in [6.45, 7) is 2.14. The Balaban J connectivity index is 1.82. The lowest BCUT2D eigenvalue weighted by atomic mass is 10.2. The fourth-order valence-electron chi connectivity index (χ4n) is 1.87. The van der Waals surface area contributed by atoms with Gasteiger partial charge in [-0.3, -0.25) is 0 Å². The molecule has 6 nitrogen and oxygen atoms in total. The van der Waals surface area contributed by atoms with Crippen molar-refractivity contribution in [1.82, 2.24) is 20.1 Å². The van der Waals surface area contributed by atoms with Crippen molar-refractivity contribution in [3.63, 3.8) is 0 Å². The molecule has 0 aliphatic heterocycles. The fourth-order valence-corrected chi connectivity index (χ4v) is 2.07. The number of aryl methyl sites for hydroxylation is 1. The van der Waals surface area contributed by atoms with E-state index in [9.17, 15) is 4.39 Å². The molecule has 0 aliphatic carbocycles. The van der Waals surface area contributed by atoms with Crippen LogP contribution in [0.25, 0.3) is 11.5 Å². The number of rotatable bonds is 4. The lowest BCUT2D eigenvalue weighted by molar-refractivity contribution is 0.425. The largest absolute Gasteiger partial charge is 0.365 e. The van der Waals surface area contributed by atoms with Gasteiger partial charge in [-0.05, 0) is 24.6 Å². The molecule has 0 atom stereocenters. The molecule has 1 N–H and O–H groups in total. The summed E-state index contributed by atoms with van der Waals surface area (Å²) < 4.78 is 18.3. The molecular formula is C14H11ClFN5O. The van der Waals surface area contributed by atoms with Crippen LogP contribution in [0.2, 0.25) is 5.02 Å². The summed E-state index contributed by atoms with van der Waals surface area (Å²) in [6, 6.07) is 4.52. The highest BCUT2D eigenvalue weighted by Crippen LogP contribution is 2.24. The first-order valence-corrected chi connectivity index (χ1v) is 6.80. The molecule has 22 heavy (non-hydrogen) atoms. The highest BCUT2D eigenvalue weighted by Gasteiger charge is 2.13. The maximum Gasteiger partial charge on any atom is 0.263 e. The average molecular weight is 320 g/mol. The van der Waals surface area contributed by atoms with Gasteiger partial charge in [0.1, 0.15) is 23.5 Å². The second-order valence-electron chi connectivity index (χ2n) is 4.53. The summed E-state index contributed by atoms with van der Waals surface area (Å²) in [5, 5.41) is 6.95. The van der Waals surface area contributed by atoms with Crippen LogP contribution in [0.1, 0.15) is 11.4 Å². The van der Waals surface area contributed by atoms with E-state index in [4.69, 9.17) is 16.1 Å². The molecule has 0 aliphatic rings. The Morgan fingerprint density at radius 2 is 2.23 bits per heavy atom. The van der Waals surface area contributed by atoms with E-state index in [1.54, 1.807) is 25.3 Å². The lowest BCUT2D eigenvalue weighted by Gasteiger charge is -2.08.